The molecular weight excluding hydrogens is 486 g/mol. The molecule has 0 bridgehead atoms. The van der Waals surface area contributed by atoms with Crippen LogP contribution in [0.1, 0.15) is 49.9 Å². The van der Waals surface area contributed by atoms with Gasteiger partial charge in [0.25, 0.3) is 5.91 Å². The molecule has 1 N–H and O–H groups in total. The highest BCUT2D eigenvalue weighted by molar-refractivity contribution is 5.99. The van der Waals surface area contributed by atoms with Crippen molar-refractivity contribution in [3.8, 4) is 0 Å². The Kier molecular flexibility index (Phi) is 7.88. The number of azide groups is 1. The number of fused-ring (bicyclic) bond motifs is 1. The fourth-order valence-corrected chi connectivity index (χ4v) is 6.08. The van der Waals surface area contributed by atoms with Gasteiger partial charge in [-0.1, -0.05) is 25.4 Å². The lowest BCUT2D eigenvalue weighted by Crippen LogP contribution is -2.52. The van der Waals surface area contributed by atoms with Crippen LogP contribution >= 0.6 is 0 Å². The number of likely N-dealkylation sites (tertiary alicyclic amines) is 1. The topological polar surface area (TPSA) is 131 Å². The van der Waals surface area contributed by atoms with E-state index >= 15 is 0 Å². The zero-order chi connectivity index (χ0) is 26.8. The Bertz CT molecular complexity index is 1090. The average molecular weight is 524 g/mol. The molecule has 204 valence electrons. The summed E-state index contributed by atoms with van der Waals surface area (Å²) in [6, 6.07) is 6.10. The molecule has 3 saturated heterocycles. The average Bonchev–Trinajstić information content (AvgIpc) is 3.43. The molecule has 0 radical (unpaired) electrons. The molecule has 1 aromatic rings. The van der Waals surface area contributed by atoms with Gasteiger partial charge in [0, 0.05) is 54.9 Å². The number of rotatable bonds is 8. The van der Waals surface area contributed by atoms with E-state index in [9.17, 15) is 14.4 Å². The van der Waals surface area contributed by atoms with Crippen molar-refractivity contribution < 1.29 is 19.1 Å². The normalized spacial score (nSPS) is 26.6. The van der Waals surface area contributed by atoms with E-state index < -0.39 is 24.2 Å². The molecule has 2 amide bonds. The lowest BCUT2D eigenvalue weighted by Gasteiger charge is -2.43. The molecule has 3 aliphatic heterocycles. The maximum absolute atomic E-state index is 13.6. The van der Waals surface area contributed by atoms with Gasteiger partial charge in [-0.3, -0.25) is 19.3 Å². The zero-order valence-electron chi connectivity index (χ0n) is 22.2. The van der Waals surface area contributed by atoms with Crippen LogP contribution in [-0.4, -0.2) is 97.0 Å². The minimum absolute atomic E-state index is 0.0944. The molecule has 3 heterocycles. The lowest BCUT2D eigenvalue weighted by molar-refractivity contribution is -0.138. The quantitative estimate of drug-likeness (QED) is 0.316. The first-order chi connectivity index (χ1) is 18.4. The Labute approximate surface area is 223 Å². The number of piperazine rings is 1. The molecule has 4 atom stereocenters. The van der Waals surface area contributed by atoms with Crippen LogP contribution in [-0.2, 0) is 14.3 Å². The van der Waals surface area contributed by atoms with Gasteiger partial charge in [-0.25, -0.2) is 0 Å². The third-order valence-corrected chi connectivity index (χ3v) is 8.35. The number of hydrogen-bond acceptors (Lipinski definition) is 7. The predicted molar refractivity (Wildman–Crippen MR) is 142 cm³/mol. The molecule has 38 heavy (non-hydrogen) atoms. The number of amides is 2. The second-order valence-electron chi connectivity index (χ2n) is 11.3. The molecule has 1 aliphatic carbocycles. The Morgan fingerprint density at radius 1 is 1.16 bits per heavy atom. The van der Waals surface area contributed by atoms with Crippen molar-refractivity contribution >= 4 is 23.3 Å². The van der Waals surface area contributed by atoms with Gasteiger partial charge in [-0.2, -0.15) is 0 Å². The number of ketones is 1. The lowest BCUT2D eigenvalue weighted by atomic mass is 9.91. The van der Waals surface area contributed by atoms with Crippen molar-refractivity contribution in [2.24, 2.45) is 11.0 Å². The van der Waals surface area contributed by atoms with Gasteiger partial charge in [0.05, 0.1) is 12.1 Å². The van der Waals surface area contributed by atoms with Crippen LogP contribution in [0.15, 0.2) is 29.4 Å². The van der Waals surface area contributed by atoms with E-state index in [1.54, 1.807) is 12.1 Å². The zero-order valence-corrected chi connectivity index (χ0v) is 22.2. The van der Waals surface area contributed by atoms with Crippen molar-refractivity contribution in [3.05, 3.63) is 40.3 Å². The van der Waals surface area contributed by atoms with Crippen LogP contribution in [0.2, 0.25) is 0 Å². The fourth-order valence-electron chi connectivity index (χ4n) is 6.08. The number of nitrogens with one attached hydrogen (secondary N) is 1. The van der Waals surface area contributed by atoms with E-state index in [1.165, 1.54) is 24.2 Å². The predicted octanol–water partition coefficient (Wildman–Crippen LogP) is 2.36. The van der Waals surface area contributed by atoms with Crippen LogP contribution in [0.25, 0.3) is 10.4 Å². The maximum atomic E-state index is 13.6. The Balaban J connectivity index is 1.23. The molecular formula is C27H37N7O4. The highest BCUT2D eigenvalue weighted by Crippen LogP contribution is 2.31. The van der Waals surface area contributed by atoms with Crippen molar-refractivity contribution in [3.63, 3.8) is 0 Å². The smallest absolute Gasteiger partial charge is 0.251 e. The summed E-state index contributed by atoms with van der Waals surface area (Å²) in [5, 5.41) is 6.65. The van der Waals surface area contributed by atoms with Crippen LogP contribution in [0, 0.1) is 5.92 Å². The molecule has 4 aliphatic rings. The highest BCUT2D eigenvalue weighted by atomic mass is 16.5. The van der Waals surface area contributed by atoms with Gasteiger partial charge in [0.1, 0.15) is 18.7 Å². The third kappa shape index (κ3) is 5.36. The SMILES string of the molecule is CC(C)C[C@H](NC(=O)c1ccc(N2CCN(C3CCC3)CC2)cc1)C(=O)N1C[C@H](N=[N+]=[N-])[C@H]2OCC(=O)[C@H]21. The molecule has 4 fully saturated rings. The Morgan fingerprint density at radius 3 is 2.47 bits per heavy atom. The summed E-state index contributed by atoms with van der Waals surface area (Å²) in [5.74, 6) is -0.760. The number of ether oxygens (including phenoxy) is 1. The summed E-state index contributed by atoms with van der Waals surface area (Å²) >= 11 is 0. The summed E-state index contributed by atoms with van der Waals surface area (Å²) in [5.41, 5.74) is 10.5. The molecule has 5 rings (SSSR count). The second-order valence-corrected chi connectivity index (χ2v) is 11.3. The van der Waals surface area contributed by atoms with Gasteiger partial charge in [-0.15, -0.1) is 0 Å². The van der Waals surface area contributed by atoms with E-state index in [0.29, 0.717) is 12.0 Å². The van der Waals surface area contributed by atoms with Gasteiger partial charge < -0.3 is 19.9 Å². The minimum atomic E-state index is -0.805. The molecule has 11 heteroatoms. The van der Waals surface area contributed by atoms with Crippen molar-refractivity contribution in [2.45, 2.75) is 69.8 Å². The van der Waals surface area contributed by atoms with Crippen molar-refractivity contribution in [1.82, 2.24) is 15.1 Å². The molecule has 1 saturated carbocycles. The largest absolute Gasteiger partial charge is 0.369 e. The minimum Gasteiger partial charge on any atom is -0.369 e. The van der Waals surface area contributed by atoms with Crippen molar-refractivity contribution in [1.29, 1.82) is 0 Å². The van der Waals surface area contributed by atoms with Crippen LogP contribution in [0.5, 0.6) is 0 Å². The molecule has 1 aromatic carbocycles. The van der Waals surface area contributed by atoms with Gasteiger partial charge in [0.2, 0.25) is 5.91 Å². The van der Waals surface area contributed by atoms with E-state index in [1.807, 2.05) is 26.0 Å². The first kappa shape index (κ1) is 26.5. The molecule has 0 unspecified atom stereocenters. The summed E-state index contributed by atoms with van der Waals surface area (Å²) in [7, 11) is 0. The monoisotopic (exact) mass is 523 g/mol. The van der Waals surface area contributed by atoms with E-state index in [-0.39, 0.29) is 36.7 Å². The summed E-state index contributed by atoms with van der Waals surface area (Å²) < 4.78 is 5.53. The van der Waals surface area contributed by atoms with Gasteiger partial charge >= 0.3 is 0 Å². The number of benzene rings is 1. The first-order valence-electron chi connectivity index (χ1n) is 13.7. The number of anilines is 1. The third-order valence-electron chi connectivity index (χ3n) is 8.35. The Morgan fingerprint density at radius 2 is 1.87 bits per heavy atom. The van der Waals surface area contributed by atoms with E-state index in [0.717, 1.165) is 37.9 Å². The number of carbonyl (C=O) groups excluding carboxylic acids is 3. The second kappa shape index (κ2) is 11.3. The first-order valence-corrected chi connectivity index (χ1v) is 13.7. The number of Topliss-reactive ketones (excluding diaryl/α,β-unsaturated/α-hetero) is 1. The van der Waals surface area contributed by atoms with Crippen LogP contribution in [0.4, 0.5) is 5.69 Å². The van der Waals surface area contributed by atoms with Gasteiger partial charge in [-0.05, 0) is 55.0 Å². The summed E-state index contributed by atoms with van der Waals surface area (Å²) in [6.45, 7) is 8.03. The van der Waals surface area contributed by atoms with E-state index in [2.05, 4.69) is 25.1 Å². The molecule has 0 aromatic heterocycles. The van der Waals surface area contributed by atoms with Gasteiger partial charge in [0.15, 0.2) is 5.78 Å². The molecule has 0 spiro atoms. The molecule has 11 nitrogen and oxygen atoms in total. The maximum Gasteiger partial charge on any atom is 0.251 e. The standard InChI is InChI=1S/C27H37N7O4/c1-17(2)14-21(27(37)34-15-22(30-31-28)25-24(34)23(35)16-38-25)29-26(36)18-6-8-20(9-7-18)33-12-10-32(11-13-33)19-4-3-5-19/h6-9,17,19,21-22,24-25H,3-5,10-16H2,1-2H3,(H,29,36)/t21-,22-,24+,25+/m0/s1. The number of nitrogens with zero attached hydrogens (tertiary/aromatic N) is 6. The van der Waals surface area contributed by atoms with Crippen molar-refractivity contribution in [2.75, 3.05) is 44.2 Å². The van der Waals surface area contributed by atoms with Crippen LogP contribution < -0.4 is 10.2 Å². The Hall–Kier alpha value is -3.14. The number of hydrogen-bond donors (Lipinski definition) is 1. The summed E-state index contributed by atoms with van der Waals surface area (Å²) in [4.78, 5) is 48.5. The fraction of sp³-hybridized carbons (Fsp3) is 0.667. The van der Waals surface area contributed by atoms with E-state index in [4.69, 9.17) is 10.3 Å². The summed E-state index contributed by atoms with van der Waals surface area (Å²) in [6.07, 6.45) is 3.77. The number of carbonyl (C=O) groups is 3. The highest BCUT2D eigenvalue weighted by Gasteiger charge is 2.53. The van der Waals surface area contributed by atoms with Crippen LogP contribution in [0.3, 0.4) is 0 Å².